The third-order valence-electron chi connectivity index (χ3n) is 2.29. The van der Waals surface area contributed by atoms with E-state index in [1.54, 1.807) is 0 Å². The van der Waals surface area contributed by atoms with Gasteiger partial charge in [-0.15, -0.1) is 0 Å². The average Bonchev–Trinajstić information content (AvgIpc) is 2.20. The summed E-state index contributed by atoms with van der Waals surface area (Å²) >= 11 is 0. The Kier molecular flexibility index (Phi) is 4.48. The summed E-state index contributed by atoms with van der Waals surface area (Å²) in [5.74, 6) is -1.41. The Morgan fingerprint density at radius 2 is 2.00 bits per heavy atom. The molecule has 0 aliphatic heterocycles. The number of carboxylic acids is 1. The van der Waals surface area contributed by atoms with Crippen LogP contribution in [-0.4, -0.2) is 32.0 Å². The number of aliphatic carboxylic acids is 1. The molecule has 0 unspecified atom stereocenters. The highest BCUT2D eigenvalue weighted by molar-refractivity contribution is 7.50. The van der Waals surface area contributed by atoms with Gasteiger partial charge in [0, 0.05) is 5.56 Å². The van der Waals surface area contributed by atoms with E-state index in [0.717, 1.165) is 0 Å². The summed E-state index contributed by atoms with van der Waals surface area (Å²) in [4.78, 5) is 28.3. The predicted octanol–water partition coefficient (Wildman–Crippen LogP) is 0.0243. The summed E-state index contributed by atoms with van der Waals surface area (Å²) < 4.78 is 10.9. The van der Waals surface area contributed by atoms with Gasteiger partial charge in [-0.3, -0.25) is 9.36 Å². The number of phenols is 1. The number of carbonyl (C=O) groups is 1. The first-order valence-electron chi connectivity index (χ1n) is 5.03. The number of nitrogens with two attached hydrogens (primary N) is 1. The van der Waals surface area contributed by atoms with Crippen LogP contribution in [0, 0.1) is 0 Å². The van der Waals surface area contributed by atoms with Gasteiger partial charge in [0.2, 0.25) is 0 Å². The molecular weight excluding hydrogens is 261 g/mol. The van der Waals surface area contributed by atoms with Crippen molar-refractivity contribution in [3.63, 3.8) is 0 Å². The maximum absolute atomic E-state index is 10.9. The van der Waals surface area contributed by atoms with Gasteiger partial charge in [-0.25, -0.2) is 0 Å². The first-order valence-corrected chi connectivity index (χ1v) is 6.82. The van der Waals surface area contributed by atoms with Crippen LogP contribution in [0.3, 0.4) is 0 Å². The van der Waals surface area contributed by atoms with Gasteiger partial charge < -0.3 is 25.7 Å². The van der Waals surface area contributed by atoms with Crippen molar-refractivity contribution in [1.82, 2.24) is 0 Å². The Morgan fingerprint density at radius 3 is 2.50 bits per heavy atom. The Morgan fingerprint density at radius 1 is 1.39 bits per heavy atom. The molecule has 6 N–H and O–H groups in total. The van der Waals surface area contributed by atoms with E-state index >= 15 is 0 Å². The lowest BCUT2D eigenvalue weighted by Gasteiger charge is -2.10. The van der Waals surface area contributed by atoms with Crippen LogP contribution in [0.2, 0.25) is 0 Å². The van der Waals surface area contributed by atoms with Crippen molar-refractivity contribution < 1.29 is 29.4 Å². The van der Waals surface area contributed by atoms with E-state index in [-0.39, 0.29) is 17.7 Å². The molecule has 0 bridgehead atoms. The zero-order valence-electron chi connectivity index (χ0n) is 9.35. The Balaban J connectivity index is 2.94. The van der Waals surface area contributed by atoms with Crippen LogP contribution >= 0.6 is 7.60 Å². The minimum absolute atomic E-state index is 0.0176. The molecule has 0 heterocycles. The van der Waals surface area contributed by atoms with E-state index in [2.05, 4.69) is 0 Å². The van der Waals surface area contributed by atoms with Gasteiger partial charge in [0.05, 0.1) is 6.16 Å². The van der Waals surface area contributed by atoms with Gasteiger partial charge in [0.25, 0.3) is 0 Å². The number of hydrogen-bond acceptors (Lipinski definition) is 4. The van der Waals surface area contributed by atoms with Crippen LogP contribution in [0.15, 0.2) is 18.2 Å². The fourth-order valence-corrected chi connectivity index (χ4v) is 2.15. The molecule has 0 radical (unpaired) electrons. The highest BCUT2D eigenvalue weighted by atomic mass is 31.2. The fraction of sp³-hybridized carbons (Fsp3) is 0.300. The monoisotopic (exact) mass is 275 g/mol. The number of benzene rings is 1. The summed E-state index contributed by atoms with van der Waals surface area (Å²) in [5.41, 5.74) is 5.91. The second-order valence-corrected chi connectivity index (χ2v) is 5.58. The maximum Gasteiger partial charge on any atom is 0.330 e. The topological polar surface area (TPSA) is 141 Å². The van der Waals surface area contributed by atoms with Gasteiger partial charge in [-0.2, -0.15) is 0 Å². The Labute approximate surface area is 103 Å². The molecule has 0 saturated carbocycles. The first-order chi connectivity index (χ1) is 8.19. The van der Waals surface area contributed by atoms with Gasteiger partial charge >= 0.3 is 13.6 Å². The minimum Gasteiger partial charge on any atom is -0.508 e. The normalized spacial score (nSPS) is 13.3. The number of carboxylic acid groups (broad SMARTS) is 1. The van der Waals surface area contributed by atoms with E-state index in [4.69, 9.17) is 20.6 Å². The second kappa shape index (κ2) is 5.49. The highest BCUT2D eigenvalue weighted by Gasteiger charge is 2.18. The van der Waals surface area contributed by atoms with E-state index in [9.17, 15) is 14.5 Å². The first kappa shape index (κ1) is 14.7. The molecule has 0 aromatic heterocycles. The SMILES string of the molecule is N[C@@H](Cc1ccc(O)c(CP(=O)(O)O)c1)C(=O)O. The molecular formula is C10H14NO6P. The van der Waals surface area contributed by atoms with Crippen molar-refractivity contribution in [2.24, 2.45) is 5.73 Å². The van der Waals surface area contributed by atoms with Crippen molar-refractivity contribution in [3.05, 3.63) is 29.3 Å². The number of phenolic OH excluding ortho intramolecular Hbond substituents is 1. The summed E-state index contributed by atoms with van der Waals surface area (Å²) in [7, 11) is -4.30. The summed E-state index contributed by atoms with van der Waals surface area (Å²) in [5, 5.41) is 18.1. The molecule has 8 heteroatoms. The van der Waals surface area contributed by atoms with E-state index in [0.29, 0.717) is 5.56 Å². The molecule has 0 aliphatic rings. The molecule has 1 aromatic rings. The molecule has 1 atom stereocenters. The molecule has 1 aromatic carbocycles. The van der Waals surface area contributed by atoms with Crippen molar-refractivity contribution in [2.45, 2.75) is 18.6 Å². The predicted molar refractivity (Wildman–Crippen MR) is 63.2 cm³/mol. The average molecular weight is 275 g/mol. The molecule has 100 valence electrons. The zero-order chi connectivity index (χ0) is 13.9. The molecule has 0 aliphatic carbocycles. The molecule has 0 amide bonds. The standard InChI is InChI=1S/C10H14NO6P/c11-8(10(13)14)4-6-1-2-9(12)7(3-6)5-18(15,16)17/h1-3,8,12H,4-5,11H2,(H,13,14)(H2,15,16,17)/t8-/m0/s1. The van der Waals surface area contributed by atoms with Crippen LogP contribution < -0.4 is 5.73 Å². The summed E-state index contributed by atoms with van der Waals surface area (Å²) in [6.07, 6.45) is -0.585. The lowest BCUT2D eigenvalue weighted by atomic mass is 10.0. The third kappa shape index (κ3) is 4.46. The van der Waals surface area contributed by atoms with Crippen molar-refractivity contribution >= 4 is 13.6 Å². The van der Waals surface area contributed by atoms with E-state index < -0.39 is 25.8 Å². The molecule has 18 heavy (non-hydrogen) atoms. The van der Waals surface area contributed by atoms with Crippen molar-refractivity contribution in [1.29, 1.82) is 0 Å². The smallest absolute Gasteiger partial charge is 0.330 e. The zero-order valence-corrected chi connectivity index (χ0v) is 10.2. The van der Waals surface area contributed by atoms with Crippen LogP contribution in [-0.2, 0) is 21.9 Å². The minimum atomic E-state index is -4.30. The van der Waals surface area contributed by atoms with Gasteiger partial charge in [0.15, 0.2) is 0 Å². The molecule has 0 spiro atoms. The lowest BCUT2D eigenvalue weighted by molar-refractivity contribution is -0.138. The largest absolute Gasteiger partial charge is 0.508 e. The second-order valence-electron chi connectivity index (χ2n) is 3.93. The van der Waals surface area contributed by atoms with Crippen LogP contribution in [0.1, 0.15) is 11.1 Å². The number of aromatic hydroxyl groups is 1. The molecule has 7 nitrogen and oxygen atoms in total. The van der Waals surface area contributed by atoms with Crippen molar-refractivity contribution in [2.75, 3.05) is 0 Å². The maximum atomic E-state index is 10.9. The van der Waals surface area contributed by atoms with E-state index in [1.807, 2.05) is 0 Å². The number of hydrogen-bond donors (Lipinski definition) is 5. The van der Waals surface area contributed by atoms with Gasteiger partial charge in [0.1, 0.15) is 11.8 Å². The summed E-state index contributed by atoms with van der Waals surface area (Å²) in [6, 6.07) is 2.96. The Hall–Kier alpha value is -1.40. The quantitative estimate of drug-likeness (QED) is 0.477. The van der Waals surface area contributed by atoms with Crippen LogP contribution in [0.5, 0.6) is 5.75 Å². The molecule has 0 saturated heterocycles. The van der Waals surface area contributed by atoms with Gasteiger partial charge in [-0.05, 0) is 18.1 Å². The van der Waals surface area contributed by atoms with Crippen LogP contribution in [0.25, 0.3) is 0 Å². The Bertz CT molecular complexity index is 497. The van der Waals surface area contributed by atoms with E-state index in [1.165, 1.54) is 18.2 Å². The fourth-order valence-electron chi connectivity index (χ4n) is 1.46. The lowest BCUT2D eigenvalue weighted by Crippen LogP contribution is -2.32. The van der Waals surface area contributed by atoms with Crippen molar-refractivity contribution in [3.8, 4) is 5.75 Å². The third-order valence-corrected chi connectivity index (χ3v) is 3.05. The van der Waals surface area contributed by atoms with Crippen LogP contribution in [0.4, 0.5) is 0 Å². The molecule has 0 fully saturated rings. The summed E-state index contributed by atoms with van der Waals surface area (Å²) in [6.45, 7) is 0. The number of rotatable bonds is 5. The molecule has 1 rings (SSSR count). The highest BCUT2D eigenvalue weighted by Crippen LogP contribution is 2.41. The van der Waals surface area contributed by atoms with Gasteiger partial charge in [-0.1, -0.05) is 12.1 Å².